The summed E-state index contributed by atoms with van der Waals surface area (Å²) in [5.74, 6) is 0.666. The van der Waals surface area contributed by atoms with Crippen LogP contribution in [0.4, 0.5) is 0 Å². The van der Waals surface area contributed by atoms with E-state index in [1.54, 1.807) is 18.3 Å². The van der Waals surface area contributed by atoms with Crippen LogP contribution in [0.15, 0.2) is 57.9 Å². The third-order valence-corrected chi connectivity index (χ3v) is 4.76. The summed E-state index contributed by atoms with van der Waals surface area (Å²) in [5, 5.41) is 3.25. The minimum Gasteiger partial charge on any atom is -0.489 e. The van der Waals surface area contributed by atoms with E-state index in [4.69, 9.17) is 9.47 Å². The second-order valence-electron chi connectivity index (χ2n) is 6.09. The molecule has 1 fully saturated rings. The van der Waals surface area contributed by atoms with Crippen LogP contribution in [-0.4, -0.2) is 29.1 Å². The number of ether oxygens (including phenoxy) is 2. The molecule has 0 spiro atoms. The van der Waals surface area contributed by atoms with Gasteiger partial charge in [-0.15, -0.1) is 0 Å². The van der Waals surface area contributed by atoms with Crippen LogP contribution in [0.25, 0.3) is 5.65 Å². The van der Waals surface area contributed by atoms with E-state index in [0.29, 0.717) is 36.8 Å². The van der Waals surface area contributed by atoms with Crippen molar-refractivity contribution in [1.82, 2.24) is 14.7 Å². The Morgan fingerprint density at radius 1 is 1.27 bits per heavy atom. The van der Waals surface area contributed by atoms with Crippen LogP contribution in [0.1, 0.15) is 17.4 Å². The highest BCUT2D eigenvalue weighted by Gasteiger charge is 2.18. The number of nitrogens with zero attached hydrogens (tertiary/aromatic N) is 2. The van der Waals surface area contributed by atoms with E-state index >= 15 is 0 Å². The van der Waals surface area contributed by atoms with Gasteiger partial charge in [0.2, 0.25) is 0 Å². The second kappa shape index (κ2) is 7.57. The maximum Gasteiger partial charge on any atom is 0.258 e. The molecular formula is C19H18BrN3O3. The Balaban J connectivity index is 1.58. The summed E-state index contributed by atoms with van der Waals surface area (Å²) in [6, 6.07) is 13.0. The molecule has 1 N–H and O–H groups in total. The smallest absolute Gasteiger partial charge is 0.258 e. The number of hydrogen-bond donors (Lipinski definition) is 1. The maximum atomic E-state index is 12.4. The quantitative estimate of drug-likeness (QED) is 0.709. The molecule has 1 aromatic carbocycles. The van der Waals surface area contributed by atoms with Crippen molar-refractivity contribution in [3.63, 3.8) is 0 Å². The standard InChI is InChI=1S/C19H18BrN3O3/c20-14-3-1-13(2-4-14)12-26-15-5-7-23-18(9-15)22-16(10-19(23)24)17-11-21-6-8-25-17/h1-5,7,9-10,17,21H,6,8,11-12H2. The Hall–Kier alpha value is -2.22. The lowest BCUT2D eigenvalue weighted by Gasteiger charge is -2.23. The summed E-state index contributed by atoms with van der Waals surface area (Å²) in [5.41, 5.74) is 2.13. The average Bonchev–Trinajstić information content (AvgIpc) is 2.68. The Labute approximate surface area is 158 Å². The summed E-state index contributed by atoms with van der Waals surface area (Å²) in [4.78, 5) is 17.0. The van der Waals surface area contributed by atoms with E-state index in [1.807, 2.05) is 24.3 Å². The molecule has 134 valence electrons. The fourth-order valence-corrected chi connectivity index (χ4v) is 3.12. The lowest BCUT2D eigenvalue weighted by Crippen LogP contribution is -2.34. The molecule has 0 saturated carbocycles. The Morgan fingerprint density at radius 3 is 2.88 bits per heavy atom. The summed E-state index contributed by atoms with van der Waals surface area (Å²) in [6.45, 7) is 2.53. The highest BCUT2D eigenvalue weighted by molar-refractivity contribution is 9.10. The molecule has 0 radical (unpaired) electrons. The highest BCUT2D eigenvalue weighted by Crippen LogP contribution is 2.19. The number of halogens is 1. The first kappa shape index (κ1) is 17.2. The number of fused-ring (bicyclic) bond motifs is 1. The van der Waals surface area contributed by atoms with Crippen molar-refractivity contribution in [2.75, 3.05) is 19.7 Å². The van der Waals surface area contributed by atoms with Crippen LogP contribution in [-0.2, 0) is 11.3 Å². The zero-order valence-electron chi connectivity index (χ0n) is 14.0. The van der Waals surface area contributed by atoms with E-state index in [0.717, 1.165) is 16.6 Å². The van der Waals surface area contributed by atoms with E-state index in [9.17, 15) is 4.79 Å². The summed E-state index contributed by atoms with van der Waals surface area (Å²) in [6.07, 6.45) is 1.49. The first-order valence-corrected chi connectivity index (χ1v) is 9.21. The van der Waals surface area contributed by atoms with Gasteiger partial charge in [0, 0.05) is 35.9 Å². The largest absolute Gasteiger partial charge is 0.489 e. The molecule has 3 aromatic rings. The molecule has 0 aliphatic carbocycles. The monoisotopic (exact) mass is 415 g/mol. The number of hydrogen-bond acceptors (Lipinski definition) is 5. The average molecular weight is 416 g/mol. The Morgan fingerprint density at radius 2 is 2.12 bits per heavy atom. The van der Waals surface area contributed by atoms with E-state index in [1.165, 1.54) is 10.5 Å². The SMILES string of the molecule is O=c1cc(C2CNCCO2)nc2cc(OCc3ccc(Br)cc3)ccn12. The fraction of sp³-hybridized carbons (Fsp3) is 0.263. The molecule has 7 heteroatoms. The topological polar surface area (TPSA) is 64.9 Å². The molecule has 1 saturated heterocycles. The van der Waals surface area contributed by atoms with E-state index in [2.05, 4.69) is 26.2 Å². The minimum absolute atomic E-state index is 0.126. The van der Waals surface area contributed by atoms with Gasteiger partial charge in [0.05, 0.1) is 12.3 Å². The van der Waals surface area contributed by atoms with Gasteiger partial charge in [-0.2, -0.15) is 0 Å². The number of aromatic nitrogens is 2. The Bertz CT molecular complexity index is 966. The van der Waals surface area contributed by atoms with Crippen LogP contribution >= 0.6 is 15.9 Å². The van der Waals surface area contributed by atoms with E-state index in [-0.39, 0.29) is 11.7 Å². The van der Waals surface area contributed by atoms with Crippen LogP contribution in [0.5, 0.6) is 5.75 Å². The summed E-state index contributed by atoms with van der Waals surface area (Å²) >= 11 is 3.42. The first-order valence-electron chi connectivity index (χ1n) is 8.42. The number of pyridine rings is 1. The van der Waals surface area contributed by atoms with Crippen molar-refractivity contribution in [1.29, 1.82) is 0 Å². The normalized spacial score (nSPS) is 17.3. The van der Waals surface area contributed by atoms with Crippen molar-refractivity contribution in [3.05, 3.63) is 74.7 Å². The number of rotatable bonds is 4. The molecule has 1 unspecified atom stereocenters. The Kier molecular flexibility index (Phi) is 5.01. The summed E-state index contributed by atoms with van der Waals surface area (Å²) < 4.78 is 14.1. The molecule has 0 amide bonds. The molecule has 1 aliphatic rings. The van der Waals surface area contributed by atoms with Crippen molar-refractivity contribution in [2.45, 2.75) is 12.7 Å². The van der Waals surface area contributed by atoms with Gasteiger partial charge in [-0.3, -0.25) is 9.20 Å². The van der Waals surface area contributed by atoms with Crippen LogP contribution in [0.2, 0.25) is 0 Å². The molecule has 1 aliphatic heterocycles. The fourth-order valence-electron chi connectivity index (χ4n) is 2.86. The molecule has 26 heavy (non-hydrogen) atoms. The van der Waals surface area contributed by atoms with Crippen molar-refractivity contribution in [3.8, 4) is 5.75 Å². The maximum absolute atomic E-state index is 12.4. The lowest BCUT2D eigenvalue weighted by atomic mass is 10.2. The highest BCUT2D eigenvalue weighted by atomic mass is 79.9. The van der Waals surface area contributed by atoms with Gasteiger partial charge in [-0.25, -0.2) is 4.98 Å². The van der Waals surface area contributed by atoms with Crippen LogP contribution < -0.4 is 15.6 Å². The number of morpholine rings is 1. The van der Waals surface area contributed by atoms with Crippen LogP contribution in [0.3, 0.4) is 0 Å². The van der Waals surface area contributed by atoms with Gasteiger partial charge >= 0.3 is 0 Å². The van der Waals surface area contributed by atoms with Gasteiger partial charge in [-0.1, -0.05) is 28.1 Å². The zero-order chi connectivity index (χ0) is 17.9. The molecule has 0 bridgehead atoms. The molecule has 1 atom stereocenters. The van der Waals surface area contributed by atoms with Gasteiger partial charge in [0.15, 0.2) is 0 Å². The molecular weight excluding hydrogens is 398 g/mol. The van der Waals surface area contributed by atoms with E-state index < -0.39 is 0 Å². The third kappa shape index (κ3) is 3.80. The van der Waals surface area contributed by atoms with Crippen molar-refractivity contribution in [2.24, 2.45) is 0 Å². The predicted octanol–water partition coefficient (Wildman–Crippen LogP) is 2.70. The lowest BCUT2D eigenvalue weighted by molar-refractivity contribution is 0.0250. The minimum atomic E-state index is -0.200. The molecule has 4 rings (SSSR count). The summed E-state index contributed by atoms with van der Waals surface area (Å²) in [7, 11) is 0. The zero-order valence-corrected chi connectivity index (χ0v) is 15.6. The molecule has 2 aromatic heterocycles. The van der Waals surface area contributed by atoms with Gasteiger partial charge in [-0.05, 0) is 23.8 Å². The third-order valence-electron chi connectivity index (χ3n) is 4.23. The number of nitrogens with one attached hydrogen (secondary N) is 1. The number of benzene rings is 1. The van der Waals surface area contributed by atoms with Crippen molar-refractivity contribution >= 4 is 21.6 Å². The van der Waals surface area contributed by atoms with Gasteiger partial charge < -0.3 is 14.8 Å². The van der Waals surface area contributed by atoms with Crippen LogP contribution in [0, 0.1) is 0 Å². The molecule has 6 nitrogen and oxygen atoms in total. The predicted molar refractivity (Wildman–Crippen MR) is 101 cm³/mol. The first-order chi connectivity index (χ1) is 12.7. The van der Waals surface area contributed by atoms with Gasteiger partial charge in [0.1, 0.15) is 24.1 Å². The van der Waals surface area contributed by atoms with Crippen molar-refractivity contribution < 1.29 is 9.47 Å². The molecule has 3 heterocycles. The second-order valence-corrected chi connectivity index (χ2v) is 7.00. The van der Waals surface area contributed by atoms with Gasteiger partial charge in [0.25, 0.3) is 5.56 Å².